The summed E-state index contributed by atoms with van der Waals surface area (Å²) in [5.41, 5.74) is 2.34. The molecule has 0 aromatic heterocycles. The van der Waals surface area contributed by atoms with E-state index >= 15 is 0 Å². The van der Waals surface area contributed by atoms with Crippen LogP contribution in [0.5, 0.6) is 17.2 Å². The van der Waals surface area contributed by atoms with Gasteiger partial charge in [0.1, 0.15) is 0 Å². The van der Waals surface area contributed by atoms with Gasteiger partial charge in [0.05, 0.1) is 21.3 Å². The van der Waals surface area contributed by atoms with Gasteiger partial charge in [-0.05, 0) is 35.7 Å². The number of carbonyl (C=O) groups is 2. The zero-order valence-corrected chi connectivity index (χ0v) is 18.8. The van der Waals surface area contributed by atoms with Gasteiger partial charge in [-0.2, -0.15) is 0 Å². The van der Waals surface area contributed by atoms with Crippen molar-refractivity contribution >= 4 is 11.8 Å². The molecule has 0 aliphatic carbocycles. The molecule has 166 valence electrons. The average Bonchev–Trinajstić information content (AvgIpc) is 2.82. The molecular formula is C24H30N2O5. The first-order valence-electron chi connectivity index (χ1n) is 10.4. The Labute approximate surface area is 183 Å². The summed E-state index contributed by atoms with van der Waals surface area (Å²) in [5.74, 6) is 1.60. The van der Waals surface area contributed by atoms with Crippen molar-refractivity contribution in [1.82, 2.24) is 9.80 Å². The van der Waals surface area contributed by atoms with E-state index in [0.29, 0.717) is 60.5 Å². The van der Waals surface area contributed by atoms with Gasteiger partial charge in [-0.3, -0.25) is 9.59 Å². The average molecular weight is 427 g/mol. The Balaban J connectivity index is 1.68. The third-order valence-corrected chi connectivity index (χ3v) is 5.59. The number of carbonyl (C=O) groups excluding carboxylic acids is 2. The number of amides is 2. The molecule has 2 aromatic carbocycles. The number of rotatable bonds is 6. The monoisotopic (exact) mass is 426 g/mol. The van der Waals surface area contributed by atoms with Crippen molar-refractivity contribution in [2.24, 2.45) is 0 Å². The first kappa shape index (κ1) is 22.5. The van der Waals surface area contributed by atoms with Crippen LogP contribution in [0.25, 0.3) is 0 Å². The normalized spacial score (nSPS) is 13.9. The molecule has 1 heterocycles. The van der Waals surface area contributed by atoms with E-state index in [9.17, 15) is 9.59 Å². The maximum atomic E-state index is 13.1. The Hall–Kier alpha value is -3.22. The molecule has 0 saturated carbocycles. The highest BCUT2D eigenvalue weighted by atomic mass is 16.5. The molecule has 1 aliphatic heterocycles. The second-order valence-corrected chi connectivity index (χ2v) is 7.78. The minimum Gasteiger partial charge on any atom is -0.493 e. The van der Waals surface area contributed by atoms with Crippen LogP contribution < -0.4 is 14.2 Å². The Kier molecular flexibility index (Phi) is 7.05. The lowest BCUT2D eigenvalue weighted by molar-refractivity contribution is 0.0535. The molecule has 3 rings (SSSR count). The van der Waals surface area contributed by atoms with Gasteiger partial charge < -0.3 is 24.0 Å². The van der Waals surface area contributed by atoms with Crippen LogP contribution in [0, 0.1) is 0 Å². The van der Waals surface area contributed by atoms with Crippen molar-refractivity contribution in [3.05, 3.63) is 53.1 Å². The van der Waals surface area contributed by atoms with Gasteiger partial charge in [-0.25, -0.2) is 0 Å². The molecule has 1 fully saturated rings. The smallest absolute Gasteiger partial charge is 0.254 e. The van der Waals surface area contributed by atoms with Crippen molar-refractivity contribution in [2.75, 3.05) is 47.5 Å². The van der Waals surface area contributed by atoms with E-state index in [1.54, 1.807) is 21.9 Å². The summed E-state index contributed by atoms with van der Waals surface area (Å²) in [6, 6.07) is 11.1. The van der Waals surface area contributed by atoms with E-state index < -0.39 is 0 Å². The highest BCUT2D eigenvalue weighted by molar-refractivity contribution is 5.97. The first-order valence-corrected chi connectivity index (χ1v) is 10.4. The highest BCUT2D eigenvalue weighted by Crippen LogP contribution is 2.38. The summed E-state index contributed by atoms with van der Waals surface area (Å²) in [7, 11) is 4.56. The third-order valence-electron chi connectivity index (χ3n) is 5.59. The highest BCUT2D eigenvalue weighted by Gasteiger charge is 2.27. The fourth-order valence-corrected chi connectivity index (χ4v) is 3.69. The number of piperazine rings is 1. The van der Waals surface area contributed by atoms with Crippen LogP contribution in [-0.2, 0) is 0 Å². The van der Waals surface area contributed by atoms with Crippen LogP contribution >= 0.6 is 0 Å². The predicted octanol–water partition coefficient (Wildman–Crippen LogP) is 3.43. The van der Waals surface area contributed by atoms with Gasteiger partial charge in [0, 0.05) is 37.3 Å². The summed E-state index contributed by atoms with van der Waals surface area (Å²) < 4.78 is 16.0. The number of nitrogens with zero attached hydrogens (tertiary/aromatic N) is 2. The zero-order valence-electron chi connectivity index (χ0n) is 18.8. The molecule has 31 heavy (non-hydrogen) atoms. The van der Waals surface area contributed by atoms with E-state index in [0.717, 1.165) is 0 Å². The molecule has 2 amide bonds. The molecule has 0 spiro atoms. The molecule has 1 aliphatic rings. The van der Waals surface area contributed by atoms with Gasteiger partial charge in [0.2, 0.25) is 5.75 Å². The van der Waals surface area contributed by atoms with Crippen LogP contribution in [0.4, 0.5) is 0 Å². The number of hydrogen-bond donors (Lipinski definition) is 0. The molecule has 2 aromatic rings. The summed E-state index contributed by atoms with van der Waals surface area (Å²) >= 11 is 0. The maximum absolute atomic E-state index is 13.1. The lowest BCUT2D eigenvalue weighted by Crippen LogP contribution is -2.50. The van der Waals surface area contributed by atoms with Crippen molar-refractivity contribution in [1.29, 1.82) is 0 Å². The van der Waals surface area contributed by atoms with Crippen LogP contribution in [0.1, 0.15) is 46.0 Å². The number of benzene rings is 2. The first-order chi connectivity index (χ1) is 14.9. The fourth-order valence-electron chi connectivity index (χ4n) is 3.69. The Morgan fingerprint density at radius 3 is 1.58 bits per heavy atom. The van der Waals surface area contributed by atoms with E-state index in [1.165, 1.54) is 26.9 Å². The number of hydrogen-bond acceptors (Lipinski definition) is 5. The minimum absolute atomic E-state index is 0.00445. The predicted molar refractivity (Wildman–Crippen MR) is 118 cm³/mol. The zero-order chi connectivity index (χ0) is 22.5. The Bertz CT molecular complexity index is 906. The summed E-state index contributed by atoms with van der Waals surface area (Å²) in [5, 5.41) is 0. The second-order valence-electron chi connectivity index (χ2n) is 7.78. The molecular weight excluding hydrogens is 396 g/mol. The molecule has 0 radical (unpaired) electrons. The minimum atomic E-state index is -0.132. The van der Waals surface area contributed by atoms with E-state index in [4.69, 9.17) is 14.2 Å². The van der Waals surface area contributed by atoms with Crippen molar-refractivity contribution in [3.63, 3.8) is 0 Å². The summed E-state index contributed by atoms with van der Waals surface area (Å²) in [4.78, 5) is 29.4. The van der Waals surface area contributed by atoms with Gasteiger partial charge in [-0.15, -0.1) is 0 Å². The lowest BCUT2D eigenvalue weighted by Gasteiger charge is -2.35. The Morgan fingerprint density at radius 2 is 1.19 bits per heavy atom. The standard InChI is InChI=1S/C24H30N2O5/c1-16(2)17-6-8-18(9-7-17)23(27)25-10-12-26(13-11-25)24(28)19-14-20(29-3)22(31-5)21(15-19)30-4/h6-9,14-16H,10-13H2,1-5H3. The van der Waals surface area contributed by atoms with Crippen molar-refractivity contribution < 1.29 is 23.8 Å². The molecule has 0 atom stereocenters. The topological polar surface area (TPSA) is 68.3 Å². The fraction of sp³-hybridized carbons (Fsp3) is 0.417. The maximum Gasteiger partial charge on any atom is 0.254 e. The van der Waals surface area contributed by atoms with Gasteiger partial charge in [-0.1, -0.05) is 26.0 Å². The van der Waals surface area contributed by atoms with E-state index in [-0.39, 0.29) is 11.8 Å². The molecule has 1 saturated heterocycles. The van der Waals surface area contributed by atoms with Gasteiger partial charge in [0.25, 0.3) is 11.8 Å². The van der Waals surface area contributed by atoms with Crippen molar-refractivity contribution in [3.8, 4) is 17.2 Å². The van der Waals surface area contributed by atoms with Crippen LogP contribution in [0.2, 0.25) is 0 Å². The van der Waals surface area contributed by atoms with Crippen LogP contribution in [0.15, 0.2) is 36.4 Å². The van der Waals surface area contributed by atoms with E-state index in [1.807, 2.05) is 24.3 Å². The second kappa shape index (κ2) is 9.73. The van der Waals surface area contributed by atoms with Gasteiger partial charge >= 0.3 is 0 Å². The largest absolute Gasteiger partial charge is 0.493 e. The molecule has 0 bridgehead atoms. The summed E-state index contributed by atoms with van der Waals surface area (Å²) in [6.07, 6.45) is 0. The van der Waals surface area contributed by atoms with Crippen LogP contribution in [0.3, 0.4) is 0 Å². The number of ether oxygens (including phenoxy) is 3. The molecule has 0 N–H and O–H groups in total. The molecule has 7 nitrogen and oxygen atoms in total. The SMILES string of the molecule is COc1cc(C(=O)N2CCN(C(=O)c3ccc(C(C)C)cc3)CC2)cc(OC)c1OC. The van der Waals surface area contributed by atoms with Crippen molar-refractivity contribution in [2.45, 2.75) is 19.8 Å². The number of methoxy groups -OCH3 is 3. The molecule has 0 unspecified atom stereocenters. The van der Waals surface area contributed by atoms with E-state index in [2.05, 4.69) is 13.8 Å². The lowest BCUT2D eigenvalue weighted by atomic mass is 10.0. The Morgan fingerprint density at radius 1 is 0.742 bits per heavy atom. The molecule has 7 heteroatoms. The quantitative estimate of drug-likeness (QED) is 0.708. The van der Waals surface area contributed by atoms with Gasteiger partial charge in [0.15, 0.2) is 11.5 Å². The van der Waals surface area contributed by atoms with Crippen LogP contribution in [-0.4, -0.2) is 69.1 Å². The third kappa shape index (κ3) is 4.76. The summed E-state index contributed by atoms with van der Waals surface area (Å²) in [6.45, 7) is 6.15.